The number of aryl methyl sites for hydroxylation is 1. The van der Waals surface area contributed by atoms with Crippen LogP contribution < -0.4 is 20.7 Å². The van der Waals surface area contributed by atoms with Gasteiger partial charge >= 0.3 is 0 Å². The van der Waals surface area contributed by atoms with Crippen LogP contribution in [0.5, 0.6) is 5.75 Å². The lowest BCUT2D eigenvalue weighted by Crippen LogP contribution is -2.57. The van der Waals surface area contributed by atoms with Crippen LogP contribution in [-0.2, 0) is 0 Å². The average Bonchev–Trinajstić information content (AvgIpc) is 3.01. The first-order valence-electron chi connectivity index (χ1n) is 10.1. The second-order valence-corrected chi connectivity index (χ2v) is 8.13. The molecule has 0 aromatic carbocycles. The first-order valence-corrected chi connectivity index (χ1v) is 10.1. The van der Waals surface area contributed by atoms with Crippen LogP contribution in [0.15, 0.2) is 24.4 Å². The van der Waals surface area contributed by atoms with Crippen molar-refractivity contribution in [2.24, 2.45) is 5.73 Å². The van der Waals surface area contributed by atoms with Gasteiger partial charge in [-0.05, 0) is 39.8 Å². The van der Waals surface area contributed by atoms with Crippen LogP contribution in [0.2, 0.25) is 0 Å². The van der Waals surface area contributed by atoms with E-state index >= 15 is 0 Å². The number of rotatable bonds is 5. The van der Waals surface area contributed by atoms with E-state index in [-0.39, 0.29) is 17.9 Å². The number of nitrogens with one attached hydrogen (secondary N) is 1. The number of anilines is 1. The summed E-state index contributed by atoms with van der Waals surface area (Å²) in [4.78, 5) is 18.8. The molecule has 0 radical (unpaired) electrons. The molecule has 3 aromatic rings. The van der Waals surface area contributed by atoms with Gasteiger partial charge < -0.3 is 20.7 Å². The Balaban J connectivity index is 0.00000272. The zero-order chi connectivity index (χ0) is 21.5. The molecule has 9 nitrogen and oxygen atoms in total. The quantitative estimate of drug-likeness (QED) is 0.619. The SMILES string of the molecule is CCOc1cc2nc(C)c(-c3ccc(N4CCNC(C)(C)C4)nn3)n2cc1C(N)=O.Cl. The molecule has 0 atom stereocenters. The zero-order valence-electron chi connectivity index (χ0n) is 18.2. The normalized spacial score (nSPS) is 15.5. The number of piperazine rings is 1. The summed E-state index contributed by atoms with van der Waals surface area (Å²) < 4.78 is 7.38. The lowest BCUT2D eigenvalue weighted by Gasteiger charge is -2.39. The summed E-state index contributed by atoms with van der Waals surface area (Å²) in [6.07, 6.45) is 1.66. The van der Waals surface area contributed by atoms with Gasteiger partial charge in [-0.25, -0.2) is 4.98 Å². The van der Waals surface area contributed by atoms with Gasteiger partial charge in [0.25, 0.3) is 5.91 Å². The number of hydrogen-bond donors (Lipinski definition) is 2. The highest BCUT2D eigenvalue weighted by molar-refractivity contribution is 5.96. The van der Waals surface area contributed by atoms with Gasteiger partial charge in [0.1, 0.15) is 17.1 Å². The number of primary amides is 1. The Kier molecular flexibility index (Phi) is 6.38. The Labute approximate surface area is 187 Å². The molecule has 10 heteroatoms. The van der Waals surface area contributed by atoms with E-state index < -0.39 is 5.91 Å². The molecule has 0 aliphatic carbocycles. The maximum Gasteiger partial charge on any atom is 0.253 e. The smallest absolute Gasteiger partial charge is 0.253 e. The fourth-order valence-corrected chi connectivity index (χ4v) is 3.91. The number of carbonyl (C=O) groups is 1. The van der Waals surface area contributed by atoms with E-state index in [0.717, 1.165) is 36.8 Å². The number of fused-ring (bicyclic) bond motifs is 1. The van der Waals surface area contributed by atoms with E-state index in [2.05, 4.69) is 39.2 Å². The highest BCUT2D eigenvalue weighted by Crippen LogP contribution is 2.28. The van der Waals surface area contributed by atoms with E-state index in [1.54, 1.807) is 12.3 Å². The van der Waals surface area contributed by atoms with E-state index in [1.165, 1.54) is 0 Å². The highest BCUT2D eigenvalue weighted by atomic mass is 35.5. The van der Waals surface area contributed by atoms with E-state index in [9.17, 15) is 4.79 Å². The van der Waals surface area contributed by atoms with Crippen molar-refractivity contribution in [3.05, 3.63) is 35.7 Å². The minimum atomic E-state index is -0.555. The van der Waals surface area contributed by atoms with Crippen LogP contribution in [0.1, 0.15) is 36.8 Å². The van der Waals surface area contributed by atoms with Crippen LogP contribution in [0.25, 0.3) is 17.0 Å². The lowest BCUT2D eigenvalue weighted by atomic mass is 10.0. The Bertz CT molecular complexity index is 1100. The Morgan fingerprint density at radius 3 is 2.71 bits per heavy atom. The molecule has 1 amide bonds. The van der Waals surface area contributed by atoms with Crippen molar-refractivity contribution >= 4 is 29.8 Å². The molecule has 4 rings (SSSR count). The number of imidazole rings is 1. The molecule has 0 unspecified atom stereocenters. The van der Waals surface area contributed by atoms with Gasteiger partial charge in [-0.1, -0.05) is 0 Å². The molecule has 3 aromatic heterocycles. The first kappa shape index (κ1) is 22.8. The van der Waals surface area contributed by atoms with Crippen LogP contribution in [0, 0.1) is 6.92 Å². The third-order valence-electron chi connectivity index (χ3n) is 5.25. The van der Waals surface area contributed by atoms with Crippen LogP contribution in [0.3, 0.4) is 0 Å². The van der Waals surface area contributed by atoms with E-state index in [0.29, 0.717) is 29.3 Å². The fraction of sp³-hybridized carbons (Fsp3) is 0.429. The minimum Gasteiger partial charge on any atom is -0.493 e. The van der Waals surface area contributed by atoms with Gasteiger partial charge in [-0.15, -0.1) is 22.6 Å². The summed E-state index contributed by atoms with van der Waals surface area (Å²) in [7, 11) is 0. The molecule has 0 spiro atoms. The molecule has 4 heterocycles. The van der Waals surface area contributed by atoms with Gasteiger partial charge in [0.05, 0.1) is 23.6 Å². The maximum atomic E-state index is 11.9. The molecular formula is C21H28ClN7O2. The third-order valence-corrected chi connectivity index (χ3v) is 5.25. The van der Waals surface area contributed by atoms with Gasteiger partial charge in [-0.3, -0.25) is 9.20 Å². The molecule has 1 fully saturated rings. The summed E-state index contributed by atoms with van der Waals surface area (Å²) in [5.41, 5.74) is 8.79. The first-order chi connectivity index (χ1) is 14.3. The number of ether oxygens (including phenoxy) is 1. The number of aromatic nitrogens is 4. The van der Waals surface area contributed by atoms with Crippen molar-refractivity contribution < 1.29 is 9.53 Å². The van der Waals surface area contributed by atoms with Crippen molar-refractivity contribution in [2.75, 3.05) is 31.1 Å². The summed E-state index contributed by atoms with van der Waals surface area (Å²) >= 11 is 0. The van der Waals surface area contributed by atoms with Gasteiger partial charge in [0.15, 0.2) is 5.82 Å². The second-order valence-electron chi connectivity index (χ2n) is 8.13. The molecule has 31 heavy (non-hydrogen) atoms. The predicted molar refractivity (Wildman–Crippen MR) is 122 cm³/mol. The number of carbonyl (C=O) groups excluding carboxylic acids is 1. The summed E-state index contributed by atoms with van der Waals surface area (Å²) in [5, 5.41) is 12.4. The van der Waals surface area contributed by atoms with Crippen molar-refractivity contribution in [2.45, 2.75) is 33.2 Å². The molecule has 166 valence electrons. The number of nitrogens with two attached hydrogens (primary N) is 1. The predicted octanol–water partition coefficient (Wildman–Crippen LogP) is 2.21. The largest absolute Gasteiger partial charge is 0.493 e. The van der Waals surface area contributed by atoms with Gasteiger partial charge in [-0.2, -0.15) is 0 Å². The van der Waals surface area contributed by atoms with Crippen molar-refractivity contribution in [3.8, 4) is 17.1 Å². The highest BCUT2D eigenvalue weighted by Gasteiger charge is 2.27. The maximum absolute atomic E-state index is 11.9. The number of halogens is 1. The molecule has 0 saturated carbocycles. The Morgan fingerprint density at radius 2 is 2.10 bits per heavy atom. The van der Waals surface area contributed by atoms with Crippen LogP contribution in [0.4, 0.5) is 5.82 Å². The van der Waals surface area contributed by atoms with E-state index in [1.807, 2.05) is 30.4 Å². The standard InChI is InChI=1S/C21H27N7O2.ClH/c1-5-30-16-10-18-24-13(2)19(28(18)11-14(16)20(22)29)15-6-7-17(26-25-15)27-9-8-23-21(3,4)12-27;/h6-7,10-11,23H,5,8-9,12H2,1-4H3,(H2,22,29);1H. The molecule has 1 aliphatic heterocycles. The number of pyridine rings is 1. The monoisotopic (exact) mass is 445 g/mol. The third kappa shape index (κ3) is 4.42. The molecule has 1 aliphatic rings. The number of nitrogens with zero attached hydrogens (tertiary/aromatic N) is 5. The van der Waals surface area contributed by atoms with Gasteiger partial charge in [0, 0.05) is 37.4 Å². The zero-order valence-corrected chi connectivity index (χ0v) is 19.0. The second kappa shape index (κ2) is 8.68. The van der Waals surface area contributed by atoms with E-state index in [4.69, 9.17) is 10.5 Å². The topological polar surface area (TPSA) is 111 Å². The molecule has 3 N–H and O–H groups in total. The minimum absolute atomic E-state index is 0. The Hall–Kier alpha value is -2.91. The molecule has 1 saturated heterocycles. The van der Waals surface area contributed by atoms with Crippen molar-refractivity contribution in [1.82, 2.24) is 24.9 Å². The molecule has 0 bridgehead atoms. The van der Waals surface area contributed by atoms with Gasteiger partial charge in [0.2, 0.25) is 0 Å². The Morgan fingerprint density at radius 1 is 1.32 bits per heavy atom. The van der Waals surface area contributed by atoms with Crippen LogP contribution >= 0.6 is 12.4 Å². The summed E-state index contributed by atoms with van der Waals surface area (Å²) in [6, 6.07) is 5.64. The number of hydrogen-bond acceptors (Lipinski definition) is 7. The average molecular weight is 446 g/mol. The molecular weight excluding hydrogens is 418 g/mol. The number of amides is 1. The fourth-order valence-electron chi connectivity index (χ4n) is 3.91. The van der Waals surface area contributed by atoms with Crippen molar-refractivity contribution in [1.29, 1.82) is 0 Å². The lowest BCUT2D eigenvalue weighted by molar-refractivity contribution is 0.0996. The summed E-state index contributed by atoms with van der Waals surface area (Å²) in [5.74, 6) is 0.716. The van der Waals surface area contributed by atoms with Crippen LogP contribution in [-0.4, -0.2) is 57.3 Å². The van der Waals surface area contributed by atoms with Crippen molar-refractivity contribution in [3.63, 3.8) is 0 Å². The summed E-state index contributed by atoms with van der Waals surface area (Å²) in [6.45, 7) is 11.2.